The normalized spacial score (nSPS) is 12.3. The second-order valence-corrected chi connectivity index (χ2v) is 4.26. The smallest absolute Gasteiger partial charge is 0.337 e. The molecule has 2 aromatic rings. The van der Waals surface area contributed by atoms with Crippen LogP contribution in [0.4, 0.5) is 0 Å². The lowest BCUT2D eigenvalue weighted by Gasteiger charge is -2.13. The van der Waals surface area contributed by atoms with Crippen LogP contribution in [-0.4, -0.2) is 18.7 Å². The fourth-order valence-electron chi connectivity index (χ4n) is 2.00. The van der Waals surface area contributed by atoms with Crippen LogP contribution in [0.2, 0.25) is 0 Å². The van der Waals surface area contributed by atoms with Crippen LogP contribution in [0.5, 0.6) is 0 Å². The van der Waals surface area contributed by atoms with Crippen molar-refractivity contribution in [3.8, 4) is 0 Å². The molecule has 1 unspecified atom stereocenters. The van der Waals surface area contributed by atoms with Gasteiger partial charge in [-0.15, -0.1) is 0 Å². The Bertz CT molecular complexity index is 568. The number of nitrogens with two attached hydrogens (primary N) is 1. The van der Waals surface area contributed by atoms with Gasteiger partial charge in [0.1, 0.15) is 0 Å². The number of benzene rings is 2. The first-order chi connectivity index (χ1) is 9.24. The van der Waals surface area contributed by atoms with Crippen LogP contribution in [0.15, 0.2) is 42.5 Å². The molecule has 2 rings (SSSR count). The van der Waals surface area contributed by atoms with E-state index in [1.807, 2.05) is 42.5 Å². The standard InChI is InChI=1S/C15H17NO3/c1-2-18-15(17)14(19-16)10-11-7-8-12-5-3-4-6-13(12)9-11/h3-9,14H,2,10,16H2,1H3. The molecule has 2 aromatic carbocycles. The maximum Gasteiger partial charge on any atom is 0.337 e. The molecule has 0 radical (unpaired) electrons. The predicted octanol–water partition coefficient (Wildman–Crippen LogP) is 2.20. The van der Waals surface area contributed by atoms with E-state index >= 15 is 0 Å². The van der Waals surface area contributed by atoms with Gasteiger partial charge in [0, 0.05) is 6.42 Å². The van der Waals surface area contributed by atoms with Gasteiger partial charge in [-0.2, -0.15) is 0 Å². The lowest BCUT2D eigenvalue weighted by Crippen LogP contribution is -2.31. The van der Waals surface area contributed by atoms with Gasteiger partial charge in [0.25, 0.3) is 0 Å². The molecule has 0 saturated carbocycles. The molecular weight excluding hydrogens is 242 g/mol. The van der Waals surface area contributed by atoms with Crippen molar-refractivity contribution < 1.29 is 14.4 Å². The van der Waals surface area contributed by atoms with Crippen molar-refractivity contribution in [2.24, 2.45) is 5.90 Å². The summed E-state index contributed by atoms with van der Waals surface area (Å²) in [5.41, 5.74) is 0.988. The molecule has 0 fully saturated rings. The van der Waals surface area contributed by atoms with Crippen molar-refractivity contribution in [1.82, 2.24) is 0 Å². The molecule has 0 aliphatic rings. The molecule has 0 aliphatic heterocycles. The largest absolute Gasteiger partial charge is 0.464 e. The van der Waals surface area contributed by atoms with Crippen LogP contribution in [0.1, 0.15) is 12.5 Å². The fraction of sp³-hybridized carbons (Fsp3) is 0.267. The molecule has 0 amide bonds. The van der Waals surface area contributed by atoms with Gasteiger partial charge in [0.2, 0.25) is 0 Å². The summed E-state index contributed by atoms with van der Waals surface area (Å²) in [7, 11) is 0. The van der Waals surface area contributed by atoms with E-state index in [0.29, 0.717) is 13.0 Å². The molecule has 100 valence electrons. The van der Waals surface area contributed by atoms with E-state index in [9.17, 15) is 4.79 Å². The van der Waals surface area contributed by atoms with Crippen molar-refractivity contribution in [2.45, 2.75) is 19.4 Å². The van der Waals surface area contributed by atoms with Gasteiger partial charge >= 0.3 is 5.97 Å². The number of hydrogen-bond acceptors (Lipinski definition) is 4. The number of esters is 1. The van der Waals surface area contributed by atoms with Crippen molar-refractivity contribution in [1.29, 1.82) is 0 Å². The average molecular weight is 259 g/mol. The van der Waals surface area contributed by atoms with E-state index in [2.05, 4.69) is 0 Å². The lowest BCUT2D eigenvalue weighted by molar-refractivity contribution is -0.156. The first kappa shape index (κ1) is 13.5. The van der Waals surface area contributed by atoms with Crippen molar-refractivity contribution in [3.63, 3.8) is 0 Å². The third kappa shape index (κ3) is 3.30. The monoisotopic (exact) mass is 259 g/mol. The molecule has 0 aliphatic carbocycles. The Balaban J connectivity index is 2.17. The van der Waals surface area contributed by atoms with Gasteiger partial charge in [0.15, 0.2) is 6.10 Å². The molecule has 0 spiro atoms. The second kappa shape index (κ2) is 6.31. The summed E-state index contributed by atoms with van der Waals surface area (Å²) in [5.74, 6) is 4.73. The number of hydrogen-bond donors (Lipinski definition) is 1. The number of rotatable bonds is 5. The first-order valence-electron chi connectivity index (χ1n) is 6.24. The van der Waals surface area contributed by atoms with E-state index in [4.69, 9.17) is 15.5 Å². The molecule has 0 aromatic heterocycles. The quantitative estimate of drug-likeness (QED) is 0.660. The van der Waals surface area contributed by atoms with Crippen molar-refractivity contribution in [3.05, 3.63) is 48.0 Å². The van der Waals surface area contributed by atoms with Crippen LogP contribution in [0, 0.1) is 0 Å². The molecular formula is C15H17NO3. The van der Waals surface area contributed by atoms with Crippen molar-refractivity contribution >= 4 is 16.7 Å². The van der Waals surface area contributed by atoms with Gasteiger partial charge in [-0.05, 0) is 23.3 Å². The Kier molecular flexibility index (Phi) is 4.49. The van der Waals surface area contributed by atoms with Crippen LogP contribution in [0.3, 0.4) is 0 Å². The Hall–Kier alpha value is -1.91. The van der Waals surface area contributed by atoms with Crippen molar-refractivity contribution in [2.75, 3.05) is 6.61 Å². The molecule has 4 heteroatoms. The molecule has 1 atom stereocenters. The zero-order valence-electron chi connectivity index (χ0n) is 10.8. The Morgan fingerprint density at radius 3 is 2.63 bits per heavy atom. The Labute approximate surface area is 112 Å². The zero-order valence-corrected chi connectivity index (χ0v) is 10.8. The number of carbonyl (C=O) groups is 1. The van der Waals surface area contributed by atoms with Crippen LogP contribution in [0.25, 0.3) is 10.8 Å². The van der Waals surface area contributed by atoms with E-state index < -0.39 is 12.1 Å². The van der Waals surface area contributed by atoms with E-state index in [1.165, 1.54) is 0 Å². The number of carbonyl (C=O) groups excluding carboxylic acids is 1. The lowest BCUT2D eigenvalue weighted by atomic mass is 10.0. The minimum Gasteiger partial charge on any atom is -0.464 e. The topological polar surface area (TPSA) is 61.5 Å². The average Bonchev–Trinajstić information content (AvgIpc) is 2.44. The summed E-state index contributed by atoms with van der Waals surface area (Å²) in [4.78, 5) is 16.3. The molecule has 0 bridgehead atoms. The maximum atomic E-state index is 11.6. The van der Waals surface area contributed by atoms with Gasteiger partial charge in [-0.1, -0.05) is 42.5 Å². The molecule has 0 heterocycles. The Morgan fingerprint density at radius 2 is 1.95 bits per heavy atom. The van der Waals surface area contributed by atoms with E-state index in [0.717, 1.165) is 16.3 Å². The summed E-state index contributed by atoms with van der Waals surface area (Å²) in [6, 6.07) is 14.1. The van der Waals surface area contributed by atoms with Gasteiger partial charge in [-0.25, -0.2) is 10.7 Å². The summed E-state index contributed by atoms with van der Waals surface area (Å²) in [6.45, 7) is 2.07. The highest BCUT2D eigenvalue weighted by Crippen LogP contribution is 2.17. The van der Waals surface area contributed by atoms with E-state index in [1.54, 1.807) is 6.92 Å². The third-order valence-electron chi connectivity index (χ3n) is 2.95. The summed E-state index contributed by atoms with van der Waals surface area (Å²) < 4.78 is 4.91. The summed E-state index contributed by atoms with van der Waals surface area (Å²) in [5, 5.41) is 2.28. The summed E-state index contributed by atoms with van der Waals surface area (Å²) >= 11 is 0. The number of fused-ring (bicyclic) bond motifs is 1. The predicted molar refractivity (Wildman–Crippen MR) is 73.3 cm³/mol. The molecule has 2 N–H and O–H groups in total. The maximum absolute atomic E-state index is 11.6. The molecule has 4 nitrogen and oxygen atoms in total. The van der Waals surface area contributed by atoms with Gasteiger partial charge in [0.05, 0.1) is 6.61 Å². The van der Waals surface area contributed by atoms with Gasteiger partial charge in [-0.3, -0.25) is 4.84 Å². The van der Waals surface area contributed by atoms with E-state index in [-0.39, 0.29) is 0 Å². The van der Waals surface area contributed by atoms with Crippen LogP contribution < -0.4 is 5.90 Å². The highest BCUT2D eigenvalue weighted by atomic mass is 16.6. The minimum atomic E-state index is -0.763. The summed E-state index contributed by atoms with van der Waals surface area (Å²) in [6.07, 6.45) is -0.360. The number of ether oxygens (including phenoxy) is 1. The Morgan fingerprint density at radius 1 is 1.21 bits per heavy atom. The molecule has 19 heavy (non-hydrogen) atoms. The highest BCUT2D eigenvalue weighted by molar-refractivity contribution is 5.83. The third-order valence-corrected chi connectivity index (χ3v) is 2.95. The SMILES string of the molecule is CCOC(=O)C(Cc1ccc2ccccc2c1)ON. The molecule has 0 saturated heterocycles. The first-order valence-corrected chi connectivity index (χ1v) is 6.24. The van der Waals surface area contributed by atoms with Crippen LogP contribution >= 0.6 is 0 Å². The van der Waals surface area contributed by atoms with Gasteiger partial charge < -0.3 is 4.74 Å². The van der Waals surface area contributed by atoms with Crippen LogP contribution in [-0.2, 0) is 20.8 Å². The minimum absolute atomic E-state index is 0.316. The second-order valence-electron chi connectivity index (χ2n) is 4.26. The zero-order chi connectivity index (χ0) is 13.7. The fourth-order valence-corrected chi connectivity index (χ4v) is 2.00. The highest BCUT2D eigenvalue weighted by Gasteiger charge is 2.20.